The van der Waals surface area contributed by atoms with E-state index in [9.17, 15) is 20.7 Å². The first kappa shape index (κ1) is 40.8. The first-order valence-corrected chi connectivity index (χ1v) is 20.6. The molecule has 300 valence electrons. The molecule has 2 N–H and O–H groups in total. The molecular formula is C56H44N4O2. The standard InChI is InChI=1S/C56H44N4O2/c57-39-55(47-23-31-53(32-24-47)59(49-7-3-1-4-8-49)51-27-19-45(20-28-51)43-15-11-41(12-16-43)35-37-61)56(40-58)48-25-33-54(34-26-48)60(50-9-5-2-6-10-50)52-29-21-46(22-30-52)44-17-13-42(14-18-44)36-38-62/h1-34,61-62H,35-38H2/b56-55+. The van der Waals surface area contributed by atoms with Gasteiger partial charge in [-0.15, -0.1) is 0 Å². The molecule has 0 aromatic heterocycles. The fourth-order valence-electron chi connectivity index (χ4n) is 7.72. The van der Waals surface area contributed by atoms with Crippen LogP contribution in [0.1, 0.15) is 22.3 Å². The predicted molar refractivity (Wildman–Crippen MR) is 253 cm³/mol. The molecule has 0 atom stereocenters. The highest BCUT2D eigenvalue weighted by Gasteiger charge is 2.18. The number of hydrogen-bond donors (Lipinski definition) is 2. The quantitative estimate of drug-likeness (QED) is 0.0840. The number of nitriles is 2. The van der Waals surface area contributed by atoms with Gasteiger partial charge >= 0.3 is 0 Å². The lowest BCUT2D eigenvalue weighted by molar-refractivity contribution is 0.299. The maximum Gasteiger partial charge on any atom is 0.101 e. The smallest absolute Gasteiger partial charge is 0.101 e. The van der Waals surface area contributed by atoms with Gasteiger partial charge in [0.2, 0.25) is 0 Å². The van der Waals surface area contributed by atoms with E-state index in [1.54, 1.807) is 0 Å². The lowest BCUT2D eigenvalue weighted by Gasteiger charge is -2.26. The zero-order valence-electron chi connectivity index (χ0n) is 34.1. The first-order chi connectivity index (χ1) is 30.6. The Balaban J connectivity index is 1.07. The lowest BCUT2D eigenvalue weighted by atomic mass is 9.95. The van der Waals surface area contributed by atoms with E-state index in [-0.39, 0.29) is 13.2 Å². The molecule has 6 nitrogen and oxygen atoms in total. The maximum atomic E-state index is 10.5. The minimum absolute atomic E-state index is 0.128. The highest BCUT2D eigenvalue weighted by atomic mass is 16.3. The van der Waals surface area contributed by atoms with Crippen LogP contribution in [0.3, 0.4) is 0 Å². The molecule has 6 heteroatoms. The van der Waals surface area contributed by atoms with Gasteiger partial charge in [0.25, 0.3) is 0 Å². The summed E-state index contributed by atoms with van der Waals surface area (Å²) in [4.78, 5) is 4.33. The summed E-state index contributed by atoms with van der Waals surface area (Å²) in [5, 5.41) is 39.6. The molecule has 0 saturated carbocycles. The summed E-state index contributed by atoms with van der Waals surface area (Å²) in [5.41, 5.74) is 14.2. The van der Waals surface area contributed by atoms with Gasteiger partial charge in [0, 0.05) is 47.3 Å². The Morgan fingerprint density at radius 3 is 0.871 bits per heavy atom. The molecule has 0 fully saturated rings. The minimum Gasteiger partial charge on any atom is -0.396 e. The molecule has 8 aromatic rings. The first-order valence-electron chi connectivity index (χ1n) is 20.6. The van der Waals surface area contributed by atoms with Crippen molar-refractivity contribution in [1.82, 2.24) is 0 Å². The molecule has 8 rings (SSSR count). The summed E-state index contributed by atoms with van der Waals surface area (Å²) in [7, 11) is 0. The van der Waals surface area contributed by atoms with Gasteiger partial charge in [0.15, 0.2) is 0 Å². The highest BCUT2D eigenvalue weighted by Crippen LogP contribution is 2.39. The average molecular weight is 805 g/mol. The number of anilines is 6. The maximum absolute atomic E-state index is 10.5. The van der Waals surface area contributed by atoms with Crippen LogP contribution in [0.5, 0.6) is 0 Å². The summed E-state index contributed by atoms with van der Waals surface area (Å²) in [6.07, 6.45) is 1.27. The van der Waals surface area contributed by atoms with Crippen molar-refractivity contribution in [2.45, 2.75) is 12.8 Å². The molecule has 0 aliphatic rings. The third kappa shape index (κ3) is 9.09. The van der Waals surface area contributed by atoms with E-state index >= 15 is 0 Å². The second kappa shape index (κ2) is 19.4. The Labute approximate surface area is 363 Å². The van der Waals surface area contributed by atoms with E-state index < -0.39 is 0 Å². The fraction of sp³-hybridized carbons (Fsp3) is 0.0714. The second-order valence-corrected chi connectivity index (χ2v) is 14.8. The minimum atomic E-state index is 0.128. The lowest BCUT2D eigenvalue weighted by Crippen LogP contribution is -2.10. The van der Waals surface area contributed by atoms with Crippen LogP contribution in [0.4, 0.5) is 34.1 Å². The molecule has 0 bridgehead atoms. The topological polar surface area (TPSA) is 94.5 Å². The van der Waals surface area contributed by atoms with Gasteiger partial charge < -0.3 is 20.0 Å². The number of hydrogen-bond acceptors (Lipinski definition) is 6. The normalized spacial score (nSPS) is 11.2. The summed E-state index contributed by atoms with van der Waals surface area (Å²) in [6.45, 7) is 0.256. The summed E-state index contributed by atoms with van der Waals surface area (Å²) >= 11 is 0. The average Bonchev–Trinajstić information content (AvgIpc) is 3.33. The SMILES string of the molecule is N#C/C(=C(/C#N)c1ccc(N(c2ccccc2)c2ccc(-c3ccc(CCO)cc3)cc2)cc1)c1ccc(N(c2ccccc2)c2ccc(-c3ccc(CCO)cc3)cc2)cc1. The number of allylic oxidation sites excluding steroid dienone is 2. The van der Waals surface area contributed by atoms with Crippen LogP contribution in [0.15, 0.2) is 206 Å². The number of benzene rings is 8. The number of aliphatic hydroxyl groups is 2. The zero-order chi connectivity index (χ0) is 42.7. The second-order valence-electron chi connectivity index (χ2n) is 14.8. The van der Waals surface area contributed by atoms with Crippen molar-refractivity contribution in [3.63, 3.8) is 0 Å². The van der Waals surface area contributed by atoms with Gasteiger partial charge in [-0.3, -0.25) is 0 Å². The van der Waals surface area contributed by atoms with Crippen LogP contribution in [-0.2, 0) is 12.8 Å². The fourth-order valence-corrected chi connectivity index (χ4v) is 7.72. The van der Waals surface area contributed by atoms with Gasteiger partial charge in [-0.1, -0.05) is 133 Å². The molecule has 0 saturated heterocycles. The van der Waals surface area contributed by atoms with E-state index in [1.807, 2.05) is 84.9 Å². The van der Waals surface area contributed by atoms with Gasteiger partial charge in [-0.2, -0.15) is 10.5 Å². The van der Waals surface area contributed by atoms with E-state index in [4.69, 9.17) is 0 Å². The molecule has 0 aliphatic carbocycles. The van der Waals surface area contributed by atoms with E-state index in [0.29, 0.717) is 35.1 Å². The molecule has 0 spiro atoms. The van der Waals surface area contributed by atoms with Crippen molar-refractivity contribution in [2.75, 3.05) is 23.0 Å². The highest BCUT2D eigenvalue weighted by molar-refractivity contribution is 6.03. The Bertz CT molecular complexity index is 2630. The predicted octanol–water partition coefficient (Wildman–Crippen LogP) is 13.0. The van der Waals surface area contributed by atoms with E-state index in [0.717, 1.165) is 67.5 Å². The molecule has 0 aliphatic heterocycles. The van der Waals surface area contributed by atoms with Crippen LogP contribution >= 0.6 is 0 Å². The molecule has 0 amide bonds. The van der Waals surface area contributed by atoms with Gasteiger partial charge in [-0.25, -0.2) is 0 Å². The number of para-hydroxylation sites is 2. The van der Waals surface area contributed by atoms with Crippen molar-refractivity contribution >= 4 is 45.3 Å². The third-order valence-electron chi connectivity index (χ3n) is 11.0. The summed E-state index contributed by atoms with van der Waals surface area (Å²) in [5.74, 6) is 0. The van der Waals surface area contributed by atoms with Gasteiger partial charge in [-0.05, 0) is 130 Å². The van der Waals surface area contributed by atoms with Crippen molar-refractivity contribution in [1.29, 1.82) is 10.5 Å². The summed E-state index contributed by atoms with van der Waals surface area (Å²) in [6, 6.07) is 73.9. The van der Waals surface area contributed by atoms with Crippen LogP contribution in [-0.4, -0.2) is 23.4 Å². The largest absolute Gasteiger partial charge is 0.396 e. The Morgan fingerprint density at radius 1 is 0.339 bits per heavy atom. The van der Waals surface area contributed by atoms with Crippen molar-refractivity contribution in [3.8, 4) is 34.4 Å². The van der Waals surface area contributed by atoms with E-state index in [2.05, 4.69) is 143 Å². The molecule has 0 heterocycles. The van der Waals surface area contributed by atoms with Crippen LogP contribution in [0, 0.1) is 22.7 Å². The molecule has 0 unspecified atom stereocenters. The van der Waals surface area contributed by atoms with Crippen LogP contribution in [0.25, 0.3) is 33.4 Å². The van der Waals surface area contributed by atoms with Crippen LogP contribution in [0.2, 0.25) is 0 Å². The molecule has 0 radical (unpaired) electrons. The Morgan fingerprint density at radius 2 is 0.597 bits per heavy atom. The Kier molecular flexibility index (Phi) is 12.7. The van der Waals surface area contributed by atoms with Gasteiger partial charge in [0.05, 0.1) is 11.1 Å². The zero-order valence-corrected chi connectivity index (χ0v) is 34.1. The van der Waals surface area contributed by atoms with Gasteiger partial charge in [0.1, 0.15) is 12.1 Å². The van der Waals surface area contributed by atoms with Crippen LogP contribution < -0.4 is 9.80 Å². The number of nitrogens with zero attached hydrogens (tertiary/aromatic N) is 4. The molecule has 62 heavy (non-hydrogen) atoms. The van der Waals surface area contributed by atoms with Crippen molar-refractivity contribution < 1.29 is 10.2 Å². The van der Waals surface area contributed by atoms with E-state index in [1.165, 1.54) is 0 Å². The van der Waals surface area contributed by atoms with Crippen molar-refractivity contribution in [3.05, 3.63) is 229 Å². The summed E-state index contributed by atoms with van der Waals surface area (Å²) < 4.78 is 0. The van der Waals surface area contributed by atoms with Crippen molar-refractivity contribution in [2.24, 2.45) is 0 Å². The molecular weight excluding hydrogens is 761 g/mol. The number of aliphatic hydroxyl groups excluding tert-OH is 2. The third-order valence-corrected chi connectivity index (χ3v) is 11.0. The monoisotopic (exact) mass is 804 g/mol. The number of rotatable bonds is 14. The molecule has 8 aromatic carbocycles. The Hall–Kier alpha value is -8.00.